The molecule has 0 bridgehead atoms. The molecule has 1 saturated heterocycles. The van der Waals surface area contributed by atoms with E-state index in [9.17, 15) is 4.79 Å². The number of hydrogen-bond donors (Lipinski definition) is 1. The first-order chi connectivity index (χ1) is 10.8. The number of ether oxygens (including phenoxy) is 1. The number of thiazole rings is 1. The Morgan fingerprint density at radius 3 is 2.86 bits per heavy atom. The number of carbonyl (C=O) groups excluding carboxylic acids is 1. The fraction of sp³-hybridized carbons (Fsp3) is 0.267. The minimum absolute atomic E-state index is 0.227. The van der Waals surface area contributed by atoms with Crippen LogP contribution in [0.2, 0.25) is 0 Å². The van der Waals surface area contributed by atoms with Gasteiger partial charge in [0.2, 0.25) is 0 Å². The Balaban J connectivity index is 1.57. The van der Waals surface area contributed by atoms with Gasteiger partial charge in [-0.3, -0.25) is 4.79 Å². The van der Waals surface area contributed by atoms with E-state index in [4.69, 9.17) is 4.74 Å². The van der Waals surface area contributed by atoms with Gasteiger partial charge in [-0.15, -0.1) is 0 Å². The molecule has 1 aliphatic heterocycles. The lowest BCUT2D eigenvalue weighted by molar-refractivity contribution is 0.0955. The number of aromatic nitrogens is 1. The maximum Gasteiger partial charge on any atom is 0.271 e. The highest BCUT2D eigenvalue weighted by Gasteiger charge is 2.14. The fourth-order valence-corrected chi connectivity index (χ4v) is 2.88. The molecule has 6 nitrogen and oxygen atoms in total. The Kier molecular flexibility index (Phi) is 4.77. The summed E-state index contributed by atoms with van der Waals surface area (Å²) in [5, 5.41) is 4.94. The molecule has 2 aromatic rings. The molecule has 2 heterocycles. The molecular formula is C15H16N4O2S. The van der Waals surface area contributed by atoms with Crippen LogP contribution in [-0.4, -0.2) is 43.4 Å². The predicted molar refractivity (Wildman–Crippen MR) is 86.6 cm³/mol. The van der Waals surface area contributed by atoms with Crippen LogP contribution in [0.15, 0.2) is 41.6 Å². The normalized spacial score (nSPS) is 15.2. The number of benzene rings is 1. The highest BCUT2D eigenvalue weighted by atomic mass is 32.1. The Hall–Kier alpha value is -2.25. The van der Waals surface area contributed by atoms with Gasteiger partial charge in [0.25, 0.3) is 5.91 Å². The Labute approximate surface area is 132 Å². The fourth-order valence-electron chi connectivity index (χ4n) is 2.05. The van der Waals surface area contributed by atoms with Crippen molar-refractivity contribution in [3.8, 4) is 0 Å². The smallest absolute Gasteiger partial charge is 0.271 e. The molecule has 0 saturated carbocycles. The predicted octanol–water partition coefficient (Wildman–Crippen LogP) is 1.74. The van der Waals surface area contributed by atoms with Crippen LogP contribution in [0, 0.1) is 0 Å². The molecule has 0 atom stereocenters. The third-order valence-corrected chi connectivity index (χ3v) is 4.18. The molecule has 0 radical (unpaired) electrons. The molecule has 22 heavy (non-hydrogen) atoms. The Bertz CT molecular complexity index is 651. The van der Waals surface area contributed by atoms with Gasteiger partial charge in [0.05, 0.1) is 24.3 Å². The molecule has 1 aromatic heterocycles. The van der Waals surface area contributed by atoms with Gasteiger partial charge in [-0.2, -0.15) is 5.10 Å². The van der Waals surface area contributed by atoms with Gasteiger partial charge in [-0.25, -0.2) is 10.4 Å². The first kappa shape index (κ1) is 14.7. The maximum atomic E-state index is 11.8. The lowest BCUT2D eigenvalue weighted by Gasteiger charge is -2.25. The van der Waals surface area contributed by atoms with Gasteiger partial charge in [0.1, 0.15) is 0 Å². The second kappa shape index (κ2) is 7.15. The quantitative estimate of drug-likeness (QED) is 0.689. The van der Waals surface area contributed by atoms with Crippen molar-refractivity contribution in [1.82, 2.24) is 10.4 Å². The van der Waals surface area contributed by atoms with Crippen molar-refractivity contribution in [2.24, 2.45) is 5.10 Å². The Morgan fingerprint density at radius 2 is 2.09 bits per heavy atom. The highest BCUT2D eigenvalue weighted by molar-refractivity contribution is 7.17. The summed E-state index contributed by atoms with van der Waals surface area (Å²) in [6, 6.07) is 8.99. The summed E-state index contributed by atoms with van der Waals surface area (Å²) >= 11 is 1.55. The molecule has 0 spiro atoms. The molecule has 1 aliphatic rings. The number of anilines is 1. The zero-order valence-electron chi connectivity index (χ0n) is 11.9. The van der Waals surface area contributed by atoms with E-state index < -0.39 is 0 Å². The van der Waals surface area contributed by atoms with E-state index in [1.54, 1.807) is 35.9 Å². The summed E-state index contributed by atoms with van der Waals surface area (Å²) in [4.78, 5) is 19.3. The topological polar surface area (TPSA) is 66.8 Å². The minimum atomic E-state index is -0.227. The van der Waals surface area contributed by atoms with Crippen molar-refractivity contribution in [2.75, 3.05) is 31.2 Å². The molecule has 1 fully saturated rings. The summed E-state index contributed by atoms with van der Waals surface area (Å²) < 4.78 is 5.32. The van der Waals surface area contributed by atoms with Crippen LogP contribution in [0.1, 0.15) is 15.2 Å². The third-order valence-electron chi connectivity index (χ3n) is 3.19. The summed E-state index contributed by atoms with van der Waals surface area (Å²) in [5.41, 5.74) is 3.09. The van der Waals surface area contributed by atoms with Crippen LogP contribution in [0.4, 0.5) is 5.13 Å². The van der Waals surface area contributed by atoms with Crippen LogP contribution >= 0.6 is 11.3 Å². The number of nitrogens with one attached hydrogen (secondary N) is 1. The lowest BCUT2D eigenvalue weighted by Crippen LogP contribution is -2.36. The van der Waals surface area contributed by atoms with Crippen molar-refractivity contribution in [2.45, 2.75) is 0 Å². The van der Waals surface area contributed by atoms with Crippen LogP contribution in [0.25, 0.3) is 0 Å². The molecular weight excluding hydrogens is 300 g/mol. The second-order valence-corrected chi connectivity index (χ2v) is 5.75. The lowest BCUT2D eigenvalue weighted by atomic mass is 10.2. The first-order valence-electron chi connectivity index (χ1n) is 7.00. The molecule has 0 aliphatic carbocycles. The van der Waals surface area contributed by atoms with Crippen LogP contribution in [0.3, 0.4) is 0 Å². The molecule has 1 N–H and O–H groups in total. The summed E-state index contributed by atoms with van der Waals surface area (Å²) in [6.07, 6.45) is 3.37. The summed E-state index contributed by atoms with van der Waals surface area (Å²) in [7, 11) is 0. The number of rotatable bonds is 4. The highest BCUT2D eigenvalue weighted by Crippen LogP contribution is 2.21. The van der Waals surface area contributed by atoms with E-state index >= 15 is 0 Å². The van der Waals surface area contributed by atoms with Gasteiger partial charge in [-0.05, 0) is 12.1 Å². The number of amides is 1. The van der Waals surface area contributed by atoms with Crippen molar-refractivity contribution >= 4 is 28.6 Å². The molecule has 0 unspecified atom stereocenters. The van der Waals surface area contributed by atoms with Crippen molar-refractivity contribution in [1.29, 1.82) is 0 Å². The third kappa shape index (κ3) is 3.69. The number of morpholine rings is 1. The van der Waals surface area contributed by atoms with Gasteiger partial charge in [0, 0.05) is 24.8 Å². The van der Waals surface area contributed by atoms with Crippen LogP contribution in [0.5, 0.6) is 0 Å². The second-order valence-electron chi connectivity index (χ2n) is 4.71. The van der Waals surface area contributed by atoms with E-state index in [1.807, 2.05) is 18.2 Å². The molecule has 114 valence electrons. The van der Waals surface area contributed by atoms with E-state index in [1.165, 1.54) is 0 Å². The van der Waals surface area contributed by atoms with E-state index in [2.05, 4.69) is 20.4 Å². The van der Waals surface area contributed by atoms with Crippen molar-refractivity contribution in [3.63, 3.8) is 0 Å². The maximum absolute atomic E-state index is 11.8. The first-order valence-corrected chi connectivity index (χ1v) is 7.81. The molecule has 1 amide bonds. The zero-order valence-corrected chi connectivity index (χ0v) is 12.8. The van der Waals surface area contributed by atoms with E-state index in [0.717, 1.165) is 36.3 Å². The SMILES string of the molecule is O=C(N/N=C/c1cnc(N2CCOCC2)s1)c1ccccc1. The van der Waals surface area contributed by atoms with E-state index in [0.29, 0.717) is 5.56 Å². The van der Waals surface area contributed by atoms with Crippen molar-refractivity contribution < 1.29 is 9.53 Å². The molecule has 3 rings (SSSR count). The minimum Gasteiger partial charge on any atom is -0.378 e. The number of hydrazone groups is 1. The average molecular weight is 316 g/mol. The average Bonchev–Trinajstić information content (AvgIpc) is 3.05. The largest absolute Gasteiger partial charge is 0.378 e. The zero-order chi connectivity index (χ0) is 15.2. The van der Waals surface area contributed by atoms with Gasteiger partial charge >= 0.3 is 0 Å². The monoisotopic (exact) mass is 316 g/mol. The standard InChI is InChI=1S/C15H16N4O2S/c20-14(12-4-2-1-3-5-12)18-17-11-13-10-16-15(22-13)19-6-8-21-9-7-19/h1-5,10-11H,6-9H2,(H,18,20)/b17-11+. The number of hydrogen-bond acceptors (Lipinski definition) is 6. The van der Waals surface area contributed by atoms with Gasteiger partial charge in [0.15, 0.2) is 5.13 Å². The number of carbonyl (C=O) groups is 1. The van der Waals surface area contributed by atoms with Crippen LogP contribution < -0.4 is 10.3 Å². The summed E-state index contributed by atoms with van der Waals surface area (Å²) in [5.74, 6) is -0.227. The number of nitrogens with zero attached hydrogens (tertiary/aromatic N) is 3. The van der Waals surface area contributed by atoms with Crippen molar-refractivity contribution in [3.05, 3.63) is 47.0 Å². The molecule has 1 aromatic carbocycles. The van der Waals surface area contributed by atoms with E-state index in [-0.39, 0.29) is 5.91 Å². The van der Waals surface area contributed by atoms with Gasteiger partial charge in [-0.1, -0.05) is 29.5 Å². The summed E-state index contributed by atoms with van der Waals surface area (Å²) in [6.45, 7) is 3.18. The van der Waals surface area contributed by atoms with Gasteiger partial charge < -0.3 is 9.64 Å². The Morgan fingerprint density at radius 1 is 1.32 bits per heavy atom. The van der Waals surface area contributed by atoms with Crippen LogP contribution in [-0.2, 0) is 4.74 Å². The molecule has 7 heteroatoms.